The summed E-state index contributed by atoms with van der Waals surface area (Å²) in [6.45, 7) is 0.920. The lowest BCUT2D eigenvalue weighted by molar-refractivity contribution is -0.670. The fourth-order valence-corrected chi connectivity index (χ4v) is 4.02. The second-order valence-corrected chi connectivity index (χ2v) is 6.45. The highest BCUT2D eigenvalue weighted by Crippen LogP contribution is 2.32. The monoisotopic (exact) mass is 323 g/mol. The van der Waals surface area contributed by atoms with Crippen LogP contribution >= 0.6 is 0 Å². The molecule has 0 unspecified atom stereocenters. The SMILES string of the molecule is c1ccc(-n2c3ncccc3n3c4[n+](cc23)Cc2ccccc2-4)cc1. The van der Waals surface area contributed by atoms with Gasteiger partial charge in [0.15, 0.2) is 17.4 Å². The van der Waals surface area contributed by atoms with Crippen LogP contribution in [0, 0.1) is 0 Å². The molecule has 0 bridgehead atoms. The first-order valence-electron chi connectivity index (χ1n) is 8.46. The van der Waals surface area contributed by atoms with Gasteiger partial charge in [-0.3, -0.25) is 4.57 Å². The summed E-state index contributed by atoms with van der Waals surface area (Å²) >= 11 is 0. The normalized spacial score (nSPS) is 12.6. The van der Waals surface area contributed by atoms with Gasteiger partial charge in [0.25, 0.3) is 11.5 Å². The fraction of sp³-hybridized carbons (Fsp3) is 0.0476. The largest absolute Gasteiger partial charge is 0.296 e. The van der Waals surface area contributed by atoms with Crippen LogP contribution in [0.25, 0.3) is 33.9 Å². The number of hydrogen-bond acceptors (Lipinski definition) is 1. The maximum Gasteiger partial charge on any atom is 0.296 e. The zero-order valence-electron chi connectivity index (χ0n) is 13.5. The van der Waals surface area contributed by atoms with Crippen molar-refractivity contribution in [2.24, 2.45) is 0 Å². The molecule has 4 nitrogen and oxygen atoms in total. The standard InChI is InChI=1S/C21H15N4/c1-2-8-16(9-3-1)24-19-14-23-13-15-7-4-5-10-17(15)21(23)25(19)18-11-6-12-22-20(18)24/h1-12,14H,13H2/q+1. The van der Waals surface area contributed by atoms with Crippen LogP contribution in [0.4, 0.5) is 0 Å². The molecule has 0 aliphatic carbocycles. The highest BCUT2D eigenvalue weighted by atomic mass is 15.2. The van der Waals surface area contributed by atoms with E-state index in [4.69, 9.17) is 0 Å². The molecule has 0 amide bonds. The highest BCUT2D eigenvalue weighted by Gasteiger charge is 2.33. The molecule has 5 aromatic rings. The van der Waals surface area contributed by atoms with E-state index in [-0.39, 0.29) is 0 Å². The van der Waals surface area contributed by atoms with Gasteiger partial charge in [0.05, 0.1) is 11.3 Å². The van der Waals surface area contributed by atoms with Gasteiger partial charge in [0.2, 0.25) is 0 Å². The van der Waals surface area contributed by atoms with Crippen LogP contribution in [0.3, 0.4) is 0 Å². The first kappa shape index (κ1) is 13.0. The van der Waals surface area contributed by atoms with Gasteiger partial charge in [-0.1, -0.05) is 36.4 Å². The second-order valence-electron chi connectivity index (χ2n) is 6.45. The summed E-state index contributed by atoms with van der Waals surface area (Å²) in [4.78, 5) is 4.68. The van der Waals surface area contributed by atoms with Gasteiger partial charge in [0, 0.05) is 11.8 Å². The van der Waals surface area contributed by atoms with Gasteiger partial charge < -0.3 is 0 Å². The van der Waals surface area contributed by atoms with E-state index in [0.29, 0.717) is 0 Å². The van der Waals surface area contributed by atoms with Crippen molar-refractivity contribution in [2.75, 3.05) is 0 Å². The zero-order valence-corrected chi connectivity index (χ0v) is 13.5. The Kier molecular flexibility index (Phi) is 2.37. The predicted molar refractivity (Wildman–Crippen MR) is 96.8 cm³/mol. The molecule has 0 radical (unpaired) electrons. The van der Waals surface area contributed by atoms with Crippen molar-refractivity contribution in [1.29, 1.82) is 0 Å². The number of hydrogen-bond donors (Lipinski definition) is 0. The van der Waals surface area contributed by atoms with Crippen LogP contribution in [-0.2, 0) is 6.54 Å². The number of pyridine rings is 1. The summed E-state index contributed by atoms with van der Waals surface area (Å²) in [6, 6.07) is 23.3. The van der Waals surface area contributed by atoms with Gasteiger partial charge in [-0.15, -0.1) is 0 Å². The van der Waals surface area contributed by atoms with Crippen molar-refractivity contribution >= 4 is 16.8 Å². The molecule has 0 saturated carbocycles. The Hall–Kier alpha value is -3.40. The molecule has 0 spiro atoms. The maximum absolute atomic E-state index is 4.68. The number of aromatic nitrogens is 4. The summed E-state index contributed by atoms with van der Waals surface area (Å²) in [5.41, 5.74) is 7.06. The molecule has 118 valence electrons. The predicted octanol–water partition coefficient (Wildman–Crippen LogP) is 3.59. The van der Waals surface area contributed by atoms with E-state index in [1.54, 1.807) is 0 Å². The van der Waals surface area contributed by atoms with Crippen molar-refractivity contribution in [3.63, 3.8) is 0 Å². The summed E-state index contributed by atoms with van der Waals surface area (Å²) in [6.07, 6.45) is 4.10. The second kappa shape index (κ2) is 4.57. The Labute approximate surface area is 144 Å². The van der Waals surface area contributed by atoms with Crippen LogP contribution in [0.15, 0.2) is 79.1 Å². The van der Waals surface area contributed by atoms with Crippen molar-refractivity contribution < 1.29 is 4.57 Å². The van der Waals surface area contributed by atoms with Crippen molar-refractivity contribution in [2.45, 2.75) is 6.54 Å². The molecular formula is C21H15N4+. The molecule has 0 saturated heterocycles. The van der Waals surface area contributed by atoms with Gasteiger partial charge in [0.1, 0.15) is 6.54 Å². The lowest BCUT2D eigenvalue weighted by Gasteiger charge is -2.01. The summed E-state index contributed by atoms with van der Waals surface area (Å²) in [5, 5.41) is 0. The van der Waals surface area contributed by atoms with Crippen molar-refractivity contribution in [3.05, 3.63) is 84.7 Å². The first-order chi connectivity index (χ1) is 12.4. The number of rotatable bonds is 1. The molecule has 0 N–H and O–H groups in total. The van der Waals surface area contributed by atoms with E-state index >= 15 is 0 Å². The number of imidazole rings is 2. The summed E-state index contributed by atoms with van der Waals surface area (Å²) in [5.74, 6) is 1.23. The average molecular weight is 323 g/mol. The minimum Gasteiger partial charge on any atom is -0.254 e. The number of nitrogens with zero attached hydrogens (tertiary/aromatic N) is 4. The molecular weight excluding hydrogens is 308 g/mol. The number of benzene rings is 2. The van der Waals surface area contributed by atoms with Crippen LogP contribution in [0.5, 0.6) is 0 Å². The molecule has 0 atom stereocenters. The summed E-state index contributed by atoms with van der Waals surface area (Å²) in [7, 11) is 0. The zero-order chi connectivity index (χ0) is 16.4. The van der Waals surface area contributed by atoms with Crippen LogP contribution in [0.2, 0.25) is 0 Å². The minimum absolute atomic E-state index is 0.920. The van der Waals surface area contributed by atoms with E-state index in [9.17, 15) is 0 Å². The lowest BCUT2D eigenvalue weighted by Crippen LogP contribution is -2.29. The Morgan fingerprint density at radius 1 is 0.880 bits per heavy atom. The third-order valence-electron chi connectivity index (χ3n) is 5.05. The number of para-hydroxylation sites is 1. The molecule has 1 aliphatic heterocycles. The molecule has 6 rings (SSSR count). The van der Waals surface area contributed by atoms with Gasteiger partial charge >= 0.3 is 0 Å². The molecule has 1 aliphatic rings. The van der Waals surface area contributed by atoms with E-state index in [0.717, 1.165) is 29.0 Å². The maximum atomic E-state index is 4.68. The Morgan fingerprint density at radius 2 is 1.72 bits per heavy atom. The third-order valence-corrected chi connectivity index (χ3v) is 5.05. The Bertz CT molecular complexity index is 1260. The van der Waals surface area contributed by atoms with E-state index in [1.165, 1.54) is 17.0 Å². The highest BCUT2D eigenvalue weighted by molar-refractivity contribution is 5.83. The fourth-order valence-electron chi connectivity index (χ4n) is 4.02. The molecule has 25 heavy (non-hydrogen) atoms. The quantitative estimate of drug-likeness (QED) is 0.425. The van der Waals surface area contributed by atoms with Gasteiger partial charge in [-0.05, 0) is 30.3 Å². The topological polar surface area (TPSA) is 26.1 Å². The third kappa shape index (κ3) is 1.61. The molecule has 3 aromatic heterocycles. The van der Waals surface area contributed by atoms with Crippen LogP contribution < -0.4 is 4.57 Å². The van der Waals surface area contributed by atoms with Gasteiger partial charge in [-0.25, -0.2) is 9.55 Å². The van der Waals surface area contributed by atoms with Crippen molar-refractivity contribution in [3.8, 4) is 17.1 Å². The average Bonchev–Trinajstić information content (AvgIpc) is 3.28. The van der Waals surface area contributed by atoms with E-state index in [1.807, 2.05) is 18.3 Å². The van der Waals surface area contributed by atoms with E-state index < -0.39 is 0 Å². The molecule has 4 heterocycles. The summed E-state index contributed by atoms with van der Waals surface area (Å²) < 4.78 is 6.91. The van der Waals surface area contributed by atoms with E-state index in [2.05, 4.69) is 79.3 Å². The molecule has 0 fully saturated rings. The smallest absolute Gasteiger partial charge is 0.254 e. The van der Waals surface area contributed by atoms with Crippen LogP contribution in [0.1, 0.15) is 5.56 Å². The van der Waals surface area contributed by atoms with Crippen LogP contribution in [-0.4, -0.2) is 14.0 Å². The first-order valence-corrected chi connectivity index (χ1v) is 8.46. The Balaban J connectivity index is 1.81. The molecule has 4 heteroatoms. The Morgan fingerprint density at radius 3 is 2.64 bits per heavy atom. The van der Waals surface area contributed by atoms with Gasteiger partial charge in [-0.2, -0.15) is 4.40 Å². The minimum atomic E-state index is 0.920. The lowest BCUT2D eigenvalue weighted by atomic mass is 10.1. The van der Waals surface area contributed by atoms with Crippen molar-refractivity contribution in [1.82, 2.24) is 14.0 Å². The number of fused-ring (bicyclic) bond motifs is 7. The molecule has 2 aromatic carbocycles.